The van der Waals surface area contributed by atoms with Crippen molar-refractivity contribution in [2.45, 2.75) is 11.3 Å². The van der Waals surface area contributed by atoms with Crippen LogP contribution in [0.5, 0.6) is 0 Å². The molecule has 0 saturated carbocycles. The smallest absolute Gasteiger partial charge is 0.176 e. The molecule has 0 spiro atoms. The minimum absolute atomic E-state index is 0.258. The van der Waals surface area contributed by atoms with Gasteiger partial charge in [-0.1, -0.05) is 0 Å². The average Bonchev–Trinajstić information content (AvgIpc) is 2.62. The zero-order chi connectivity index (χ0) is 12.6. The summed E-state index contributed by atoms with van der Waals surface area (Å²) in [5, 5.41) is 0.602. The van der Waals surface area contributed by atoms with Crippen LogP contribution in [0.3, 0.4) is 0 Å². The third-order valence-corrected chi connectivity index (χ3v) is 3.74. The zero-order valence-electron chi connectivity index (χ0n) is 9.32. The molecule has 2 rings (SSSR count). The maximum absolute atomic E-state index is 11.7. The normalized spacial score (nSPS) is 11.5. The Bertz CT molecular complexity index is 721. The molecule has 5 heteroatoms. The predicted molar refractivity (Wildman–Crippen MR) is 68.4 cm³/mol. The standard InChI is InChI=1S/C12H12N2O2S/c1-3-4-8-7-14-12-9(13)5-6-10(11(8)12)17(2,15)16/h1,5-7,14H,4,13H2,2H3. The minimum atomic E-state index is -3.30. The maximum atomic E-state index is 11.7. The summed E-state index contributed by atoms with van der Waals surface area (Å²) < 4.78 is 23.4. The largest absolute Gasteiger partial charge is 0.397 e. The number of rotatable bonds is 2. The molecule has 0 radical (unpaired) electrons. The summed E-state index contributed by atoms with van der Waals surface area (Å²) in [5.41, 5.74) is 7.71. The molecule has 0 atom stereocenters. The van der Waals surface area contributed by atoms with Gasteiger partial charge in [-0.3, -0.25) is 0 Å². The van der Waals surface area contributed by atoms with Crippen LogP contribution >= 0.6 is 0 Å². The van der Waals surface area contributed by atoms with Gasteiger partial charge >= 0.3 is 0 Å². The molecule has 0 unspecified atom stereocenters. The highest BCUT2D eigenvalue weighted by molar-refractivity contribution is 7.91. The summed E-state index contributed by atoms with van der Waals surface area (Å²) >= 11 is 0. The molecule has 0 bridgehead atoms. The van der Waals surface area contributed by atoms with Crippen molar-refractivity contribution in [2.75, 3.05) is 12.0 Å². The molecule has 0 saturated heterocycles. The summed E-state index contributed by atoms with van der Waals surface area (Å²) in [5.74, 6) is 2.50. The summed E-state index contributed by atoms with van der Waals surface area (Å²) in [6, 6.07) is 3.09. The lowest BCUT2D eigenvalue weighted by atomic mass is 10.1. The van der Waals surface area contributed by atoms with E-state index in [1.54, 1.807) is 12.3 Å². The van der Waals surface area contributed by atoms with Crippen molar-refractivity contribution in [1.29, 1.82) is 0 Å². The number of H-pyrrole nitrogens is 1. The highest BCUT2D eigenvalue weighted by Gasteiger charge is 2.17. The first kappa shape index (κ1) is 11.6. The van der Waals surface area contributed by atoms with E-state index in [1.807, 2.05) is 0 Å². The van der Waals surface area contributed by atoms with Crippen LogP contribution in [-0.2, 0) is 16.3 Å². The number of fused-ring (bicyclic) bond motifs is 1. The number of anilines is 1. The molecule has 17 heavy (non-hydrogen) atoms. The van der Waals surface area contributed by atoms with Crippen LogP contribution in [0.25, 0.3) is 10.9 Å². The van der Waals surface area contributed by atoms with E-state index in [0.29, 0.717) is 23.0 Å². The number of nitrogen functional groups attached to an aromatic ring is 1. The Hall–Kier alpha value is -1.93. The highest BCUT2D eigenvalue weighted by Crippen LogP contribution is 2.30. The molecule has 88 valence electrons. The Balaban J connectivity index is 2.91. The SMILES string of the molecule is C#CCc1c[nH]c2c(N)ccc(S(C)(=O)=O)c12. The van der Waals surface area contributed by atoms with E-state index in [-0.39, 0.29) is 4.90 Å². The van der Waals surface area contributed by atoms with Crippen molar-refractivity contribution in [3.8, 4) is 12.3 Å². The van der Waals surface area contributed by atoms with Crippen LogP contribution in [0.1, 0.15) is 5.56 Å². The Morgan fingerprint density at radius 1 is 1.47 bits per heavy atom. The molecular formula is C12H12N2O2S. The van der Waals surface area contributed by atoms with E-state index >= 15 is 0 Å². The molecule has 3 N–H and O–H groups in total. The van der Waals surface area contributed by atoms with Crippen molar-refractivity contribution >= 4 is 26.4 Å². The molecule has 0 aliphatic rings. The fraction of sp³-hybridized carbons (Fsp3) is 0.167. The molecule has 2 aromatic rings. The van der Waals surface area contributed by atoms with Crippen molar-refractivity contribution in [2.24, 2.45) is 0 Å². The van der Waals surface area contributed by atoms with E-state index in [2.05, 4.69) is 10.9 Å². The lowest BCUT2D eigenvalue weighted by Gasteiger charge is -2.04. The number of nitrogens with two attached hydrogens (primary N) is 1. The quantitative estimate of drug-likeness (QED) is 0.622. The van der Waals surface area contributed by atoms with Crippen molar-refractivity contribution in [3.63, 3.8) is 0 Å². The van der Waals surface area contributed by atoms with Gasteiger partial charge in [0.1, 0.15) is 0 Å². The molecule has 0 amide bonds. The van der Waals surface area contributed by atoms with Gasteiger partial charge in [-0.2, -0.15) is 0 Å². The van der Waals surface area contributed by atoms with Gasteiger partial charge in [0.2, 0.25) is 0 Å². The van der Waals surface area contributed by atoms with Gasteiger partial charge in [-0.25, -0.2) is 8.42 Å². The van der Waals surface area contributed by atoms with E-state index in [0.717, 1.165) is 5.56 Å². The number of terminal acetylenes is 1. The number of sulfone groups is 1. The summed E-state index contributed by atoms with van der Waals surface area (Å²) in [7, 11) is -3.30. The Labute approximate surface area is 99.7 Å². The van der Waals surface area contributed by atoms with Gasteiger partial charge in [-0.05, 0) is 17.7 Å². The monoisotopic (exact) mass is 248 g/mol. The van der Waals surface area contributed by atoms with Crippen LogP contribution in [0.4, 0.5) is 5.69 Å². The highest BCUT2D eigenvalue weighted by atomic mass is 32.2. The van der Waals surface area contributed by atoms with Gasteiger partial charge in [-0.15, -0.1) is 12.3 Å². The molecule has 0 aliphatic carbocycles. The van der Waals surface area contributed by atoms with Crippen molar-refractivity contribution < 1.29 is 8.42 Å². The molecule has 1 heterocycles. The van der Waals surface area contributed by atoms with Gasteiger partial charge in [0.15, 0.2) is 9.84 Å². The molecule has 4 nitrogen and oxygen atoms in total. The van der Waals surface area contributed by atoms with E-state index < -0.39 is 9.84 Å². The number of aromatic nitrogens is 1. The Morgan fingerprint density at radius 2 is 2.18 bits per heavy atom. The number of benzene rings is 1. The molecule has 1 aromatic heterocycles. The molecule has 1 aromatic carbocycles. The van der Waals surface area contributed by atoms with Crippen molar-refractivity contribution in [1.82, 2.24) is 4.98 Å². The average molecular weight is 248 g/mol. The summed E-state index contributed by atoms with van der Waals surface area (Å²) in [4.78, 5) is 3.23. The van der Waals surface area contributed by atoms with E-state index in [9.17, 15) is 8.42 Å². The second-order valence-corrected chi connectivity index (χ2v) is 5.85. The van der Waals surface area contributed by atoms with E-state index in [4.69, 9.17) is 12.2 Å². The first-order valence-electron chi connectivity index (χ1n) is 4.97. The topological polar surface area (TPSA) is 76.0 Å². The van der Waals surface area contributed by atoms with Crippen molar-refractivity contribution in [3.05, 3.63) is 23.9 Å². The maximum Gasteiger partial charge on any atom is 0.176 e. The first-order valence-corrected chi connectivity index (χ1v) is 6.86. The van der Waals surface area contributed by atoms with Crippen LogP contribution in [0, 0.1) is 12.3 Å². The van der Waals surface area contributed by atoms with Gasteiger partial charge in [0.05, 0.1) is 16.1 Å². The summed E-state index contributed by atoms with van der Waals surface area (Å²) in [6.07, 6.45) is 8.51. The number of hydrogen-bond acceptors (Lipinski definition) is 3. The van der Waals surface area contributed by atoms with E-state index in [1.165, 1.54) is 12.3 Å². The van der Waals surface area contributed by atoms with Crippen LogP contribution < -0.4 is 5.73 Å². The summed E-state index contributed by atoms with van der Waals surface area (Å²) in [6.45, 7) is 0. The van der Waals surface area contributed by atoms with Crippen LogP contribution in [-0.4, -0.2) is 19.7 Å². The number of aromatic amines is 1. The first-order chi connectivity index (χ1) is 7.95. The minimum Gasteiger partial charge on any atom is -0.397 e. The second kappa shape index (κ2) is 3.82. The molecular weight excluding hydrogens is 236 g/mol. The second-order valence-electron chi connectivity index (χ2n) is 3.87. The molecule has 0 fully saturated rings. The van der Waals surface area contributed by atoms with Gasteiger partial charge < -0.3 is 10.7 Å². The van der Waals surface area contributed by atoms with Crippen LogP contribution in [0.15, 0.2) is 23.2 Å². The molecule has 0 aliphatic heterocycles. The van der Waals surface area contributed by atoms with Crippen LogP contribution in [0.2, 0.25) is 0 Å². The predicted octanol–water partition coefficient (Wildman–Crippen LogP) is 1.33. The fourth-order valence-electron chi connectivity index (χ4n) is 1.86. The number of nitrogens with one attached hydrogen (secondary N) is 1. The third-order valence-electron chi connectivity index (χ3n) is 2.60. The fourth-order valence-corrected chi connectivity index (χ4v) is 2.78. The number of hydrogen-bond donors (Lipinski definition) is 2. The van der Waals surface area contributed by atoms with Gasteiger partial charge in [0, 0.05) is 24.3 Å². The Kier molecular flexibility index (Phi) is 2.60. The lowest BCUT2D eigenvalue weighted by Crippen LogP contribution is -2.00. The van der Waals surface area contributed by atoms with Gasteiger partial charge in [0.25, 0.3) is 0 Å². The lowest BCUT2D eigenvalue weighted by molar-refractivity contribution is 0.602. The Morgan fingerprint density at radius 3 is 2.76 bits per heavy atom. The zero-order valence-corrected chi connectivity index (χ0v) is 10.1. The third kappa shape index (κ3) is 1.87.